The van der Waals surface area contributed by atoms with E-state index in [1.165, 1.54) is 0 Å². The Labute approximate surface area is 79.7 Å². The van der Waals surface area contributed by atoms with Crippen LogP contribution in [0.25, 0.3) is 0 Å². The first kappa shape index (κ1) is 12.1. The van der Waals surface area contributed by atoms with Crippen molar-refractivity contribution in [3.63, 3.8) is 0 Å². The first-order valence-corrected chi connectivity index (χ1v) is 3.67. The molecular formula is C7H11N3O4. The van der Waals surface area contributed by atoms with E-state index in [1.54, 1.807) is 0 Å². The highest BCUT2D eigenvalue weighted by molar-refractivity contribution is 5.96. The highest BCUT2D eigenvalue weighted by Crippen LogP contribution is 1.77. The average Bonchev–Trinajstić information content (AvgIpc) is 2.10. The third kappa shape index (κ3) is 5.72. The molecule has 7 nitrogen and oxygen atoms in total. The number of carboxylic acids is 1. The van der Waals surface area contributed by atoms with Crippen LogP contribution in [0.2, 0.25) is 0 Å². The van der Waals surface area contributed by atoms with Gasteiger partial charge in [-0.25, -0.2) is 0 Å². The van der Waals surface area contributed by atoms with Gasteiger partial charge in [0.25, 0.3) is 0 Å². The zero-order valence-electron chi connectivity index (χ0n) is 7.27. The lowest BCUT2D eigenvalue weighted by Crippen LogP contribution is -2.42. The number of primary amides is 1. The fourth-order valence-corrected chi connectivity index (χ4v) is 0.515. The summed E-state index contributed by atoms with van der Waals surface area (Å²) < 4.78 is 0. The predicted octanol–water partition coefficient (Wildman–Crippen LogP) is -2.44. The SMILES string of the molecule is NC(=O)C=CC(=O)NCC(N)C(=O)O. The third-order valence-corrected chi connectivity index (χ3v) is 1.21. The van der Waals surface area contributed by atoms with Gasteiger partial charge < -0.3 is 21.9 Å². The number of carbonyl (C=O) groups excluding carboxylic acids is 2. The summed E-state index contributed by atoms with van der Waals surface area (Å²) in [6.45, 7) is -0.211. The molecule has 0 aromatic rings. The van der Waals surface area contributed by atoms with Gasteiger partial charge in [-0.2, -0.15) is 0 Å². The number of hydrogen-bond donors (Lipinski definition) is 4. The van der Waals surface area contributed by atoms with Crippen LogP contribution in [-0.2, 0) is 14.4 Å². The van der Waals surface area contributed by atoms with Gasteiger partial charge in [-0.1, -0.05) is 0 Å². The number of carbonyl (C=O) groups is 3. The van der Waals surface area contributed by atoms with Crippen LogP contribution in [0.1, 0.15) is 0 Å². The Morgan fingerprint density at radius 3 is 2.36 bits per heavy atom. The maximum atomic E-state index is 10.8. The minimum absolute atomic E-state index is 0.211. The number of amides is 2. The molecule has 0 bridgehead atoms. The van der Waals surface area contributed by atoms with Gasteiger partial charge in [0.05, 0.1) is 0 Å². The minimum atomic E-state index is -1.22. The highest BCUT2D eigenvalue weighted by Gasteiger charge is 2.11. The number of aliphatic carboxylic acids is 1. The fraction of sp³-hybridized carbons (Fsp3) is 0.286. The number of nitrogens with two attached hydrogens (primary N) is 2. The molecule has 78 valence electrons. The maximum absolute atomic E-state index is 10.8. The van der Waals surface area contributed by atoms with E-state index in [1.807, 2.05) is 0 Å². The first-order chi connectivity index (χ1) is 6.43. The van der Waals surface area contributed by atoms with E-state index in [-0.39, 0.29) is 6.54 Å². The van der Waals surface area contributed by atoms with Crippen molar-refractivity contribution in [2.75, 3.05) is 6.54 Å². The molecule has 0 aliphatic carbocycles. The van der Waals surface area contributed by atoms with Crippen molar-refractivity contribution in [1.29, 1.82) is 0 Å². The highest BCUT2D eigenvalue weighted by atomic mass is 16.4. The molecule has 0 aliphatic heterocycles. The topological polar surface area (TPSA) is 136 Å². The van der Waals surface area contributed by atoms with Crippen molar-refractivity contribution in [3.8, 4) is 0 Å². The molecule has 1 unspecified atom stereocenters. The van der Waals surface area contributed by atoms with Gasteiger partial charge >= 0.3 is 5.97 Å². The second-order valence-electron chi connectivity index (χ2n) is 2.43. The summed E-state index contributed by atoms with van der Waals surface area (Å²) in [7, 11) is 0. The molecule has 0 saturated carbocycles. The lowest BCUT2D eigenvalue weighted by molar-refractivity contribution is -0.138. The predicted molar refractivity (Wildman–Crippen MR) is 47.0 cm³/mol. The summed E-state index contributed by atoms with van der Waals surface area (Å²) in [6.07, 6.45) is 1.76. The van der Waals surface area contributed by atoms with Gasteiger partial charge in [-0.15, -0.1) is 0 Å². The van der Waals surface area contributed by atoms with Gasteiger partial charge in [0, 0.05) is 18.7 Å². The molecule has 14 heavy (non-hydrogen) atoms. The molecule has 2 amide bonds. The van der Waals surface area contributed by atoms with E-state index >= 15 is 0 Å². The van der Waals surface area contributed by atoms with Crippen molar-refractivity contribution in [2.45, 2.75) is 6.04 Å². The van der Waals surface area contributed by atoms with E-state index in [0.717, 1.165) is 12.2 Å². The van der Waals surface area contributed by atoms with E-state index in [0.29, 0.717) is 0 Å². The summed E-state index contributed by atoms with van der Waals surface area (Å²) in [4.78, 5) is 31.2. The zero-order valence-corrected chi connectivity index (χ0v) is 7.27. The van der Waals surface area contributed by atoms with Crippen LogP contribution in [0, 0.1) is 0 Å². The number of nitrogens with one attached hydrogen (secondary N) is 1. The normalized spacial score (nSPS) is 12.4. The smallest absolute Gasteiger partial charge is 0.322 e. The average molecular weight is 201 g/mol. The molecule has 0 saturated heterocycles. The van der Waals surface area contributed by atoms with Crippen molar-refractivity contribution < 1.29 is 19.5 Å². The molecule has 0 fully saturated rings. The van der Waals surface area contributed by atoms with Crippen molar-refractivity contribution in [1.82, 2.24) is 5.32 Å². The Morgan fingerprint density at radius 2 is 1.93 bits per heavy atom. The van der Waals surface area contributed by atoms with Gasteiger partial charge in [0.1, 0.15) is 6.04 Å². The Bertz CT molecular complexity index is 274. The molecule has 0 aliphatic rings. The van der Waals surface area contributed by atoms with Crippen LogP contribution >= 0.6 is 0 Å². The van der Waals surface area contributed by atoms with Gasteiger partial charge in [-0.3, -0.25) is 14.4 Å². The summed E-state index contributed by atoms with van der Waals surface area (Å²) in [5, 5.41) is 10.5. The summed E-state index contributed by atoms with van der Waals surface area (Å²) in [5.41, 5.74) is 9.81. The van der Waals surface area contributed by atoms with Crippen LogP contribution in [0.3, 0.4) is 0 Å². The standard InChI is InChI=1S/C7H11N3O4/c8-4(7(13)14)3-10-6(12)2-1-5(9)11/h1-2,4H,3,8H2,(H2,9,11)(H,10,12)(H,13,14). The Kier molecular flexibility index (Phi) is 4.93. The lowest BCUT2D eigenvalue weighted by atomic mass is 10.3. The van der Waals surface area contributed by atoms with Gasteiger partial charge in [-0.05, 0) is 0 Å². The molecule has 0 rings (SSSR count). The van der Waals surface area contributed by atoms with Crippen LogP contribution < -0.4 is 16.8 Å². The third-order valence-electron chi connectivity index (χ3n) is 1.21. The summed E-state index contributed by atoms with van der Waals surface area (Å²) >= 11 is 0. The Morgan fingerprint density at radius 1 is 1.36 bits per heavy atom. The van der Waals surface area contributed by atoms with Crippen LogP contribution in [-0.4, -0.2) is 35.5 Å². The largest absolute Gasteiger partial charge is 0.480 e. The van der Waals surface area contributed by atoms with Gasteiger partial charge in [0.2, 0.25) is 11.8 Å². The van der Waals surface area contributed by atoms with Crippen LogP contribution in [0.15, 0.2) is 12.2 Å². The lowest BCUT2D eigenvalue weighted by Gasteiger charge is -2.05. The van der Waals surface area contributed by atoms with E-state index in [9.17, 15) is 14.4 Å². The fourth-order valence-electron chi connectivity index (χ4n) is 0.515. The maximum Gasteiger partial charge on any atom is 0.322 e. The molecule has 0 aromatic carbocycles. The first-order valence-electron chi connectivity index (χ1n) is 3.67. The summed E-state index contributed by atoms with van der Waals surface area (Å²) in [5.74, 6) is -2.60. The molecule has 0 spiro atoms. The van der Waals surface area contributed by atoms with E-state index in [4.69, 9.17) is 16.6 Å². The summed E-state index contributed by atoms with van der Waals surface area (Å²) in [6, 6.07) is -1.17. The van der Waals surface area contributed by atoms with E-state index in [2.05, 4.69) is 5.32 Å². The minimum Gasteiger partial charge on any atom is -0.480 e. The Hall–Kier alpha value is -1.89. The molecule has 1 atom stereocenters. The Balaban J connectivity index is 3.86. The number of rotatable bonds is 5. The molecular weight excluding hydrogens is 190 g/mol. The molecule has 7 heteroatoms. The number of carboxylic acid groups (broad SMARTS) is 1. The zero-order chi connectivity index (χ0) is 11.1. The number of hydrogen-bond acceptors (Lipinski definition) is 4. The quantitative estimate of drug-likeness (QED) is 0.366. The van der Waals surface area contributed by atoms with Crippen molar-refractivity contribution in [2.24, 2.45) is 11.5 Å². The van der Waals surface area contributed by atoms with Crippen LogP contribution in [0.5, 0.6) is 0 Å². The van der Waals surface area contributed by atoms with Crippen molar-refractivity contribution >= 4 is 17.8 Å². The monoisotopic (exact) mass is 201 g/mol. The molecule has 6 N–H and O–H groups in total. The second-order valence-corrected chi connectivity index (χ2v) is 2.43. The molecule has 0 aromatic heterocycles. The van der Waals surface area contributed by atoms with Crippen molar-refractivity contribution in [3.05, 3.63) is 12.2 Å². The van der Waals surface area contributed by atoms with E-state index < -0.39 is 23.8 Å². The molecule has 0 heterocycles. The van der Waals surface area contributed by atoms with Gasteiger partial charge in [0.15, 0.2) is 0 Å². The molecule has 0 radical (unpaired) electrons. The van der Waals surface area contributed by atoms with Crippen LogP contribution in [0.4, 0.5) is 0 Å². The second kappa shape index (κ2) is 5.70.